The minimum absolute atomic E-state index is 0.220. The zero-order valence-electron chi connectivity index (χ0n) is 12.7. The van der Waals surface area contributed by atoms with Gasteiger partial charge < -0.3 is 19.5 Å². The third-order valence-corrected chi connectivity index (χ3v) is 4.06. The molecule has 4 nitrogen and oxygen atoms in total. The lowest BCUT2D eigenvalue weighted by molar-refractivity contribution is 0.0262. The smallest absolute Gasteiger partial charge is 0.124 e. The molecule has 0 spiro atoms. The van der Waals surface area contributed by atoms with Crippen molar-refractivity contribution in [3.05, 3.63) is 28.2 Å². The van der Waals surface area contributed by atoms with Crippen molar-refractivity contribution >= 4 is 15.9 Å². The Labute approximate surface area is 135 Å². The highest BCUT2D eigenvalue weighted by atomic mass is 79.9. The van der Waals surface area contributed by atoms with Gasteiger partial charge in [0.05, 0.1) is 18.8 Å². The molecule has 1 aliphatic heterocycles. The molecule has 2 rings (SSSR count). The van der Waals surface area contributed by atoms with Crippen LogP contribution >= 0.6 is 15.9 Å². The zero-order valence-corrected chi connectivity index (χ0v) is 14.3. The summed E-state index contributed by atoms with van der Waals surface area (Å²) in [6.45, 7) is 5.03. The van der Waals surface area contributed by atoms with E-state index in [0.717, 1.165) is 41.7 Å². The van der Waals surface area contributed by atoms with Gasteiger partial charge in [0.1, 0.15) is 12.4 Å². The van der Waals surface area contributed by atoms with E-state index < -0.39 is 0 Å². The van der Waals surface area contributed by atoms with E-state index in [1.807, 2.05) is 12.1 Å². The summed E-state index contributed by atoms with van der Waals surface area (Å²) in [6, 6.07) is 6.11. The van der Waals surface area contributed by atoms with Gasteiger partial charge in [-0.1, -0.05) is 15.9 Å². The molecule has 0 amide bonds. The number of ether oxygens (including phenoxy) is 3. The molecule has 21 heavy (non-hydrogen) atoms. The SMILES string of the molecule is COCCNCc1cc(Br)ccc1OCC1CCC(C)O1. The number of hydrogen-bond donors (Lipinski definition) is 1. The molecule has 0 aromatic heterocycles. The Morgan fingerprint density at radius 2 is 2.24 bits per heavy atom. The van der Waals surface area contributed by atoms with Crippen LogP contribution < -0.4 is 10.1 Å². The minimum atomic E-state index is 0.220. The number of rotatable bonds is 8. The Morgan fingerprint density at radius 3 is 2.95 bits per heavy atom. The maximum atomic E-state index is 5.96. The van der Waals surface area contributed by atoms with Crippen molar-refractivity contribution in [1.29, 1.82) is 0 Å². The van der Waals surface area contributed by atoms with E-state index in [1.165, 1.54) is 0 Å². The van der Waals surface area contributed by atoms with Crippen LogP contribution in [0, 0.1) is 0 Å². The summed E-state index contributed by atoms with van der Waals surface area (Å²) in [7, 11) is 1.71. The van der Waals surface area contributed by atoms with E-state index in [-0.39, 0.29) is 6.10 Å². The van der Waals surface area contributed by atoms with Gasteiger partial charge in [0.2, 0.25) is 0 Å². The first-order valence-electron chi connectivity index (χ1n) is 7.45. The fourth-order valence-corrected chi connectivity index (χ4v) is 2.82. The zero-order chi connectivity index (χ0) is 15.1. The van der Waals surface area contributed by atoms with Crippen molar-refractivity contribution in [3.63, 3.8) is 0 Å². The predicted octanol–water partition coefficient (Wildman–Crippen LogP) is 3.13. The van der Waals surface area contributed by atoms with Crippen LogP contribution in [0.1, 0.15) is 25.3 Å². The quantitative estimate of drug-likeness (QED) is 0.725. The highest BCUT2D eigenvalue weighted by Gasteiger charge is 2.22. The molecular formula is C16H24BrNO3. The lowest BCUT2D eigenvalue weighted by Crippen LogP contribution is -2.21. The Morgan fingerprint density at radius 1 is 1.38 bits per heavy atom. The topological polar surface area (TPSA) is 39.7 Å². The first kappa shape index (κ1) is 16.7. The van der Waals surface area contributed by atoms with Gasteiger partial charge in [-0.2, -0.15) is 0 Å². The van der Waals surface area contributed by atoms with Crippen molar-refractivity contribution < 1.29 is 14.2 Å². The van der Waals surface area contributed by atoms with E-state index in [0.29, 0.717) is 19.3 Å². The standard InChI is InChI=1S/C16H24BrNO3/c1-12-3-5-15(21-12)11-20-16-6-4-14(17)9-13(16)10-18-7-8-19-2/h4,6,9,12,15,18H,3,5,7-8,10-11H2,1-2H3. The van der Waals surface area contributed by atoms with E-state index >= 15 is 0 Å². The molecule has 1 aliphatic rings. The summed E-state index contributed by atoms with van der Waals surface area (Å²) in [5.41, 5.74) is 1.14. The number of methoxy groups -OCH3 is 1. The number of benzene rings is 1. The molecule has 1 aromatic rings. The Hall–Kier alpha value is -0.620. The van der Waals surface area contributed by atoms with Crippen molar-refractivity contribution in [2.45, 2.75) is 38.5 Å². The molecule has 1 aromatic carbocycles. The van der Waals surface area contributed by atoms with Gasteiger partial charge in [-0.05, 0) is 38.0 Å². The number of hydrogen-bond acceptors (Lipinski definition) is 4. The van der Waals surface area contributed by atoms with Crippen LogP contribution in [-0.4, -0.2) is 39.1 Å². The van der Waals surface area contributed by atoms with Gasteiger partial charge in [0, 0.05) is 30.2 Å². The molecule has 1 N–H and O–H groups in total. The molecule has 0 aliphatic carbocycles. The second kappa shape index (κ2) is 8.73. The van der Waals surface area contributed by atoms with Gasteiger partial charge >= 0.3 is 0 Å². The highest BCUT2D eigenvalue weighted by Crippen LogP contribution is 2.25. The molecular weight excluding hydrogens is 334 g/mol. The molecule has 2 unspecified atom stereocenters. The number of halogens is 1. The molecule has 0 radical (unpaired) electrons. The normalized spacial score (nSPS) is 21.7. The van der Waals surface area contributed by atoms with Gasteiger partial charge in [0.15, 0.2) is 0 Å². The van der Waals surface area contributed by atoms with Crippen LogP contribution in [0.4, 0.5) is 0 Å². The molecule has 0 saturated carbocycles. The van der Waals surface area contributed by atoms with Crippen molar-refractivity contribution in [2.75, 3.05) is 26.9 Å². The van der Waals surface area contributed by atoms with Gasteiger partial charge in [0.25, 0.3) is 0 Å². The van der Waals surface area contributed by atoms with Crippen LogP contribution in [-0.2, 0) is 16.0 Å². The van der Waals surface area contributed by atoms with Crippen LogP contribution in [0.5, 0.6) is 5.75 Å². The Bertz CT molecular complexity index is 442. The molecule has 0 bridgehead atoms. The lowest BCUT2D eigenvalue weighted by Gasteiger charge is -2.16. The Kier molecular flexibility index (Phi) is 6.96. The first-order valence-corrected chi connectivity index (χ1v) is 8.24. The summed E-state index contributed by atoms with van der Waals surface area (Å²) in [5.74, 6) is 0.922. The largest absolute Gasteiger partial charge is 0.491 e. The average molecular weight is 358 g/mol. The summed E-state index contributed by atoms with van der Waals surface area (Å²) >= 11 is 3.51. The van der Waals surface area contributed by atoms with E-state index in [4.69, 9.17) is 14.2 Å². The van der Waals surface area contributed by atoms with Gasteiger partial charge in [-0.25, -0.2) is 0 Å². The van der Waals surface area contributed by atoms with Crippen molar-refractivity contribution in [2.24, 2.45) is 0 Å². The van der Waals surface area contributed by atoms with Gasteiger partial charge in [-0.3, -0.25) is 0 Å². The summed E-state index contributed by atoms with van der Waals surface area (Å²) in [4.78, 5) is 0. The first-order chi connectivity index (χ1) is 10.2. The lowest BCUT2D eigenvalue weighted by atomic mass is 10.2. The van der Waals surface area contributed by atoms with Crippen molar-refractivity contribution in [1.82, 2.24) is 5.32 Å². The highest BCUT2D eigenvalue weighted by molar-refractivity contribution is 9.10. The third-order valence-electron chi connectivity index (χ3n) is 3.57. The van der Waals surface area contributed by atoms with Crippen LogP contribution in [0.2, 0.25) is 0 Å². The molecule has 1 fully saturated rings. The van der Waals surface area contributed by atoms with Crippen LogP contribution in [0.15, 0.2) is 22.7 Å². The minimum Gasteiger partial charge on any atom is -0.491 e. The maximum Gasteiger partial charge on any atom is 0.124 e. The summed E-state index contributed by atoms with van der Waals surface area (Å²) < 4.78 is 17.9. The fraction of sp³-hybridized carbons (Fsp3) is 0.625. The summed E-state index contributed by atoms with van der Waals surface area (Å²) in [6.07, 6.45) is 2.79. The molecule has 1 heterocycles. The molecule has 2 atom stereocenters. The molecule has 5 heteroatoms. The van der Waals surface area contributed by atoms with E-state index in [1.54, 1.807) is 7.11 Å². The fourth-order valence-electron chi connectivity index (χ4n) is 2.41. The van der Waals surface area contributed by atoms with Crippen molar-refractivity contribution in [3.8, 4) is 5.75 Å². The third kappa shape index (κ3) is 5.58. The van der Waals surface area contributed by atoms with Gasteiger partial charge in [-0.15, -0.1) is 0 Å². The average Bonchev–Trinajstić information content (AvgIpc) is 2.88. The van der Waals surface area contributed by atoms with E-state index in [2.05, 4.69) is 34.2 Å². The van der Waals surface area contributed by atoms with Crippen LogP contribution in [0.3, 0.4) is 0 Å². The van der Waals surface area contributed by atoms with Crippen LogP contribution in [0.25, 0.3) is 0 Å². The molecule has 1 saturated heterocycles. The molecule has 118 valence electrons. The number of nitrogens with one attached hydrogen (secondary N) is 1. The van der Waals surface area contributed by atoms with E-state index in [9.17, 15) is 0 Å². The second-order valence-electron chi connectivity index (χ2n) is 5.38. The second-order valence-corrected chi connectivity index (χ2v) is 6.29. The summed E-state index contributed by atoms with van der Waals surface area (Å²) in [5, 5.41) is 3.35. The monoisotopic (exact) mass is 357 g/mol. The predicted molar refractivity (Wildman–Crippen MR) is 86.8 cm³/mol. The Balaban J connectivity index is 1.88. The maximum absolute atomic E-state index is 5.96.